The third-order valence-corrected chi connectivity index (χ3v) is 2.33. The van der Waals surface area contributed by atoms with Gasteiger partial charge in [0.15, 0.2) is 0 Å². The number of hydrogen-bond acceptors (Lipinski definition) is 1. The molecule has 0 fully saturated rings. The van der Waals surface area contributed by atoms with Crippen molar-refractivity contribution in [2.45, 2.75) is 6.18 Å². The van der Waals surface area contributed by atoms with Crippen molar-refractivity contribution in [3.8, 4) is 0 Å². The summed E-state index contributed by atoms with van der Waals surface area (Å²) in [5.74, 6) is -1.15. The second-order valence-electron chi connectivity index (χ2n) is 2.79. The van der Waals surface area contributed by atoms with E-state index in [9.17, 15) is 13.2 Å². The fourth-order valence-corrected chi connectivity index (χ4v) is 1.48. The molecule has 1 N–H and O–H groups in total. The molecule has 0 aromatic heterocycles. The molecule has 0 aliphatic carbocycles. The second-order valence-corrected chi connectivity index (χ2v) is 3.61. The van der Waals surface area contributed by atoms with E-state index in [-0.39, 0.29) is 15.7 Å². The third kappa shape index (κ3) is 3.02. The van der Waals surface area contributed by atoms with Crippen LogP contribution in [0.25, 0.3) is 0 Å². The molecule has 0 atom stereocenters. The van der Waals surface area contributed by atoms with E-state index in [1.807, 2.05) is 0 Å². The number of benzene rings is 1. The largest absolute Gasteiger partial charge is 0.449 e. The number of para-hydroxylation sites is 1. The van der Waals surface area contributed by atoms with E-state index < -0.39 is 12.0 Å². The third-order valence-electron chi connectivity index (χ3n) is 1.70. The first kappa shape index (κ1) is 13.1. The average Bonchev–Trinajstić information content (AvgIpc) is 2.15. The number of nitrogens with zero attached hydrogens (tertiary/aromatic N) is 1. The van der Waals surface area contributed by atoms with E-state index in [1.54, 1.807) is 0 Å². The minimum atomic E-state index is -4.57. The van der Waals surface area contributed by atoms with Gasteiger partial charge in [0.05, 0.1) is 15.7 Å². The molecule has 1 aromatic carbocycles. The standard InChI is InChI=1S/C9H7Cl2F3N2/c1-15-8(9(12,13)14)16-7-5(10)3-2-4-6(7)11/h2-4H,1H3,(H,15,16). The van der Waals surface area contributed by atoms with Crippen LogP contribution in [0.5, 0.6) is 0 Å². The molecule has 0 unspecified atom stereocenters. The predicted molar refractivity (Wildman–Crippen MR) is 59.5 cm³/mol. The maximum Gasteiger partial charge on any atom is 0.449 e. The Labute approximate surface area is 100 Å². The van der Waals surface area contributed by atoms with E-state index in [0.717, 1.165) is 7.05 Å². The molecule has 0 bridgehead atoms. The van der Waals surface area contributed by atoms with Crippen LogP contribution in [0.1, 0.15) is 0 Å². The van der Waals surface area contributed by atoms with Gasteiger partial charge in [0.25, 0.3) is 0 Å². The zero-order valence-corrected chi connectivity index (χ0v) is 9.58. The normalized spacial score (nSPS) is 12.8. The van der Waals surface area contributed by atoms with E-state index in [0.29, 0.717) is 0 Å². The molecule has 1 rings (SSSR count). The average molecular weight is 271 g/mol. The zero-order chi connectivity index (χ0) is 12.3. The predicted octanol–water partition coefficient (Wildman–Crippen LogP) is 4.00. The van der Waals surface area contributed by atoms with Crippen LogP contribution in [0, 0.1) is 0 Å². The molecule has 0 radical (unpaired) electrons. The van der Waals surface area contributed by atoms with Crippen molar-refractivity contribution in [1.29, 1.82) is 0 Å². The summed E-state index contributed by atoms with van der Waals surface area (Å²) in [6.45, 7) is 0. The van der Waals surface area contributed by atoms with Crippen molar-refractivity contribution < 1.29 is 13.2 Å². The molecule has 0 amide bonds. The molecule has 0 aliphatic heterocycles. The van der Waals surface area contributed by atoms with Crippen molar-refractivity contribution >= 4 is 34.7 Å². The Kier molecular flexibility index (Phi) is 4.04. The number of amidine groups is 1. The van der Waals surface area contributed by atoms with Crippen molar-refractivity contribution in [2.75, 3.05) is 12.4 Å². The Morgan fingerprint density at radius 2 is 1.75 bits per heavy atom. The second kappa shape index (κ2) is 4.93. The Morgan fingerprint density at radius 1 is 1.25 bits per heavy atom. The van der Waals surface area contributed by atoms with Crippen molar-refractivity contribution in [1.82, 2.24) is 0 Å². The van der Waals surface area contributed by atoms with E-state index in [4.69, 9.17) is 23.2 Å². The topological polar surface area (TPSA) is 24.4 Å². The number of halogens is 5. The number of alkyl halides is 3. The summed E-state index contributed by atoms with van der Waals surface area (Å²) in [5.41, 5.74) is -0.0104. The Bertz CT molecular complexity index is 395. The molecule has 2 nitrogen and oxygen atoms in total. The van der Waals surface area contributed by atoms with Crippen molar-refractivity contribution in [2.24, 2.45) is 4.99 Å². The summed E-state index contributed by atoms with van der Waals surface area (Å²) < 4.78 is 37.2. The smallest absolute Gasteiger partial charge is 0.334 e. The van der Waals surface area contributed by atoms with Gasteiger partial charge in [-0.25, -0.2) is 0 Å². The van der Waals surface area contributed by atoms with E-state index in [1.165, 1.54) is 18.2 Å². The molecule has 0 saturated carbocycles. The summed E-state index contributed by atoms with van der Waals surface area (Å²) in [5, 5.41) is 2.26. The quantitative estimate of drug-likeness (QED) is 0.606. The number of anilines is 1. The van der Waals surface area contributed by atoms with Gasteiger partial charge in [-0.1, -0.05) is 29.3 Å². The van der Waals surface area contributed by atoms with Crippen LogP contribution in [0.2, 0.25) is 10.0 Å². The van der Waals surface area contributed by atoms with Gasteiger partial charge in [-0.05, 0) is 12.1 Å². The highest BCUT2D eigenvalue weighted by molar-refractivity contribution is 6.39. The van der Waals surface area contributed by atoms with Gasteiger partial charge < -0.3 is 5.32 Å². The van der Waals surface area contributed by atoms with Gasteiger partial charge in [-0.3, -0.25) is 4.99 Å². The molecule has 0 aliphatic rings. The van der Waals surface area contributed by atoms with E-state index in [2.05, 4.69) is 10.3 Å². The molecule has 16 heavy (non-hydrogen) atoms. The lowest BCUT2D eigenvalue weighted by atomic mass is 10.3. The maximum atomic E-state index is 12.4. The molecule has 88 valence electrons. The monoisotopic (exact) mass is 270 g/mol. The van der Waals surface area contributed by atoms with Gasteiger partial charge in [0, 0.05) is 7.05 Å². The van der Waals surface area contributed by atoms with E-state index >= 15 is 0 Å². The highest BCUT2D eigenvalue weighted by Gasteiger charge is 2.36. The van der Waals surface area contributed by atoms with Crippen LogP contribution < -0.4 is 5.32 Å². The van der Waals surface area contributed by atoms with Crippen LogP contribution in [0.3, 0.4) is 0 Å². The summed E-state index contributed by atoms with van der Waals surface area (Å²) in [6, 6.07) is 4.39. The minimum Gasteiger partial charge on any atom is -0.334 e. The van der Waals surface area contributed by atoms with Crippen molar-refractivity contribution in [3.63, 3.8) is 0 Å². The lowest BCUT2D eigenvalue weighted by Crippen LogP contribution is -2.30. The molecule has 0 saturated heterocycles. The molecular weight excluding hydrogens is 264 g/mol. The number of hydrogen-bond donors (Lipinski definition) is 1. The zero-order valence-electron chi connectivity index (χ0n) is 8.07. The SMILES string of the molecule is CN=C(Nc1c(Cl)cccc1Cl)C(F)(F)F. The lowest BCUT2D eigenvalue weighted by Gasteiger charge is -2.14. The summed E-state index contributed by atoms with van der Waals surface area (Å²) in [6.07, 6.45) is -4.57. The van der Waals surface area contributed by atoms with Gasteiger partial charge >= 0.3 is 6.18 Å². The van der Waals surface area contributed by atoms with Gasteiger partial charge in [0.2, 0.25) is 5.84 Å². The fourth-order valence-electron chi connectivity index (χ4n) is 0.989. The molecule has 7 heteroatoms. The van der Waals surface area contributed by atoms with Crippen molar-refractivity contribution in [3.05, 3.63) is 28.2 Å². The number of rotatable bonds is 1. The first-order chi connectivity index (χ1) is 7.36. The Hall–Kier alpha value is -0.940. The molecule has 0 spiro atoms. The Morgan fingerprint density at radius 3 is 2.12 bits per heavy atom. The first-order valence-corrected chi connectivity index (χ1v) is 4.87. The van der Waals surface area contributed by atoms with Crippen LogP contribution in [-0.4, -0.2) is 19.1 Å². The van der Waals surface area contributed by atoms with Crippen LogP contribution >= 0.6 is 23.2 Å². The highest BCUT2D eigenvalue weighted by Crippen LogP contribution is 2.31. The van der Waals surface area contributed by atoms with Gasteiger partial charge in [-0.2, -0.15) is 13.2 Å². The number of nitrogens with one attached hydrogen (secondary N) is 1. The molecule has 0 heterocycles. The van der Waals surface area contributed by atoms with Gasteiger partial charge in [-0.15, -0.1) is 0 Å². The fraction of sp³-hybridized carbons (Fsp3) is 0.222. The summed E-state index contributed by atoms with van der Waals surface area (Å²) in [7, 11) is 1.03. The number of aliphatic imine (C=N–C) groups is 1. The van der Waals surface area contributed by atoms with Gasteiger partial charge in [0.1, 0.15) is 0 Å². The summed E-state index contributed by atoms with van der Waals surface area (Å²) >= 11 is 11.4. The molecular formula is C9H7Cl2F3N2. The highest BCUT2D eigenvalue weighted by atomic mass is 35.5. The lowest BCUT2D eigenvalue weighted by molar-refractivity contribution is -0.0587. The molecule has 1 aromatic rings. The maximum absolute atomic E-state index is 12.4. The van der Waals surface area contributed by atoms with Crippen LogP contribution in [0.4, 0.5) is 18.9 Å². The first-order valence-electron chi connectivity index (χ1n) is 4.11. The van der Waals surface area contributed by atoms with Crippen LogP contribution in [0.15, 0.2) is 23.2 Å². The summed E-state index contributed by atoms with van der Waals surface area (Å²) in [4.78, 5) is 3.10. The minimum absolute atomic E-state index is 0.0104. The van der Waals surface area contributed by atoms with Crippen LogP contribution in [-0.2, 0) is 0 Å². The Balaban J connectivity index is 3.05.